The monoisotopic (exact) mass is 439 g/mol. The maximum Gasteiger partial charge on any atom is 0.142 e. The highest BCUT2D eigenvalue weighted by Crippen LogP contribution is 2.40. The molecule has 1 unspecified atom stereocenters. The molecule has 0 spiro atoms. The minimum Gasteiger partial charge on any atom is -0.340 e. The summed E-state index contributed by atoms with van der Waals surface area (Å²) in [6.07, 6.45) is 10.0. The molecule has 0 saturated carbocycles. The topological polar surface area (TPSA) is 80.1 Å². The highest BCUT2D eigenvalue weighted by molar-refractivity contribution is 7.19. The van der Waals surface area contributed by atoms with Gasteiger partial charge in [-0.15, -0.1) is 11.3 Å². The summed E-state index contributed by atoms with van der Waals surface area (Å²) in [5.74, 6) is 1.18. The number of Topliss-reactive ketones (excluding diaryl/α,β-unsaturated/α-hetero) is 1. The van der Waals surface area contributed by atoms with Crippen molar-refractivity contribution in [3.05, 3.63) is 76.2 Å². The van der Waals surface area contributed by atoms with Crippen molar-refractivity contribution in [1.82, 2.24) is 15.0 Å². The SMILES string of the molecule is O=C(Cc1cccnc1)C1CCc2c(sc3ncnc(Nc4ccc5c(c4)C=NC5)c23)C1. The van der Waals surface area contributed by atoms with Crippen LogP contribution in [0.15, 0.2) is 54.0 Å². The summed E-state index contributed by atoms with van der Waals surface area (Å²) >= 11 is 1.70. The minimum absolute atomic E-state index is 0.0520. The number of rotatable bonds is 5. The Morgan fingerprint density at radius 2 is 2.19 bits per heavy atom. The normalized spacial score (nSPS) is 16.7. The van der Waals surface area contributed by atoms with E-state index in [0.717, 1.165) is 58.7 Å². The molecule has 2 aliphatic rings. The maximum absolute atomic E-state index is 12.9. The Hall–Kier alpha value is -3.45. The Morgan fingerprint density at radius 3 is 3.09 bits per heavy atom. The highest BCUT2D eigenvalue weighted by Gasteiger charge is 2.29. The van der Waals surface area contributed by atoms with Crippen LogP contribution in [0.2, 0.25) is 0 Å². The van der Waals surface area contributed by atoms with E-state index in [2.05, 4.69) is 43.5 Å². The fourth-order valence-electron chi connectivity index (χ4n) is 4.64. The smallest absolute Gasteiger partial charge is 0.142 e. The van der Waals surface area contributed by atoms with Crippen LogP contribution in [0.1, 0.15) is 33.6 Å². The average Bonchev–Trinajstić information content (AvgIpc) is 3.43. The van der Waals surface area contributed by atoms with Crippen LogP contribution in [-0.2, 0) is 30.6 Å². The van der Waals surface area contributed by atoms with E-state index in [-0.39, 0.29) is 5.92 Å². The summed E-state index contributed by atoms with van der Waals surface area (Å²) in [7, 11) is 0. The molecule has 3 aromatic heterocycles. The van der Waals surface area contributed by atoms with Gasteiger partial charge in [-0.2, -0.15) is 0 Å². The van der Waals surface area contributed by atoms with Crippen molar-refractivity contribution in [3.63, 3.8) is 0 Å². The van der Waals surface area contributed by atoms with Gasteiger partial charge in [0.25, 0.3) is 0 Å². The molecule has 1 atom stereocenters. The summed E-state index contributed by atoms with van der Waals surface area (Å²) in [6.45, 7) is 0.756. The van der Waals surface area contributed by atoms with Crippen molar-refractivity contribution in [1.29, 1.82) is 0 Å². The Kier molecular flexibility index (Phi) is 4.76. The number of benzene rings is 1. The van der Waals surface area contributed by atoms with Gasteiger partial charge in [-0.1, -0.05) is 12.1 Å². The zero-order chi connectivity index (χ0) is 21.5. The third-order valence-corrected chi connectivity index (χ3v) is 7.46. The first-order valence-electron chi connectivity index (χ1n) is 10.8. The van der Waals surface area contributed by atoms with Crippen molar-refractivity contribution in [3.8, 4) is 0 Å². The van der Waals surface area contributed by atoms with Crippen molar-refractivity contribution in [2.75, 3.05) is 5.32 Å². The molecule has 1 aromatic carbocycles. The zero-order valence-electron chi connectivity index (χ0n) is 17.4. The Labute approximate surface area is 189 Å². The lowest BCUT2D eigenvalue weighted by Crippen LogP contribution is -2.23. The maximum atomic E-state index is 12.9. The highest BCUT2D eigenvalue weighted by atomic mass is 32.1. The number of fused-ring (bicyclic) bond motifs is 4. The minimum atomic E-state index is 0.0520. The molecule has 0 amide bonds. The fourth-order valence-corrected chi connectivity index (χ4v) is 5.91. The first-order valence-corrected chi connectivity index (χ1v) is 11.6. The number of pyridine rings is 1. The van der Waals surface area contributed by atoms with Gasteiger partial charge in [0.2, 0.25) is 0 Å². The molecule has 158 valence electrons. The summed E-state index contributed by atoms with van der Waals surface area (Å²) in [5.41, 5.74) is 5.68. The van der Waals surface area contributed by atoms with Gasteiger partial charge in [-0.05, 0) is 59.7 Å². The van der Waals surface area contributed by atoms with Crippen LogP contribution in [0, 0.1) is 5.92 Å². The molecule has 0 fully saturated rings. The lowest BCUT2D eigenvalue weighted by atomic mass is 9.83. The number of anilines is 2. The van der Waals surface area contributed by atoms with Crippen molar-refractivity contribution < 1.29 is 4.79 Å². The fraction of sp³-hybridized carbons (Fsp3) is 0.240. The molecule has 4 heterocycles. The third-order valence-electron chi connectivity index (χ3n) is 6.30. The van der Waals surface area contributed by atoms with Crippen LogP contribution < -0.4 is 5.32 Å². The summed E-state index contributed by atoms with van der Waals surface area (Å²) < 4.78 is 0. The molecule has 0 radical (unpaired) electrons. The molecule has 6 rings (SSSR count). The number of thiophene rings is 1. The Morgan fingerprint density at radius 1 is 1.22 bits per heavy atom. The molecular formula is C25H21N5OS. The molecular weight excluding hydrogens is 418 g/mol. The van der Waals surface area contributed by atoms with E-state index in [1.54, 1.807) is 30.1 Å². The Bertz CT molecular complexity index is 1360. The summed E-state index contributed by atoms with van der Waals surface area (Å²) in [4.78, 5) is 32.7. The predicted octanol–water partition coefficient (Wildman–Crippen LogP) is 4.68. The van der Waals surface area contributed by atoms with E-state index in [4.69, 9.17) is 0 Å². The van der Waals surface area contributed by atoms with Crippen LogP contribution >= 0.6 is 11.3 Å². The molecule has 1 aliphatic heterocycles. The molecule has 0 saturated heterocycles. The standard InChI is InChI=1S/C25H21N5OS/c31-21(8-15-2-1-7-26-11-15)16-4-6-20-22(10-16)32-25-23(20)24(28-14-29-25)30-19-5-3-17-12-27-13-18(17)9-19/h1-3,5,7,9,11,13-14,16H,4,6,8,10,12H2,(H,28,29,30). The second kappa shape index (κ2) is 7.91. The number of aromatic nitrogens is 3. The van der Waals surface area contributed by atoms with Gasteiger partial charge in [-0.3, -0.25) is 14.8 Å². The number of aryl methyl sites for hydroxylation is 1. The van der Waals surface area contributed by atoms with Gasteiger partial charge in [0.1, 0.15) is 22.8 Å². The first kappa shape index (κ1) is 19.3. The van der Waals surface area contributed by atoms with Crippen molar-refractivity contribution >= 4 is 45.1 Å². The lowest BCUT2D eigenvalue weighted by molar-refractivity contribution is -0.122. The summed E-state index contributed by atoms with van der Waals surface area (Å²) in [6, 6.07) is 10.2. The van der Waals surface area contributed by atoms with Gasteiger partial charge >= 0.3 is 0 Å². The largest absolute Gasteiger partial charge is 0.340 e. The molecule has 6 nitrogen and oxygen atoms in total. The number of aliphatic imine (C=N–C) groups is 1. The lowest BCUT2D eigenvalue weighted by Gasteiger charge is -2.21. The zero-order valence-corrected chi connectivity index (χ0v) is 18.2. The van der Waals surface area contributed by atoms with Crippen LogP contribution in [0.25, 0.3) is 10.2 Å². The average molecular weight is 440 g/mol. The second-order valence-corrected chi connectivity index (χ2v) is 9.44. The van der Waals surface area contributed by atoms with Crippen molar-refractivity contribution in [2.24, 2.45) is 10.9 Å². The molecule has 0 bridgehead atoms. The predicted molar refractivity (Wildman–Crippen MR) is 127 cm³/mol. The number of nitrogens with one attached hydrogen (secondary N) is 1. The third kappa shape index (κ3) is 3.48. The van der Waals surface area contributed by atoms with Crippen LogP contribution in [0.3, 0.4) is 0 Å². The first-order chi connectivity index (χ1) is 15.7. The van der Waals surface area contributed by atoms with Gasteiger partial charge in [0, 0.05) is 41.5 Å². The van der Waals surface area contributed by atoms with Gasteiger partial charge in [0.05, 0.1) is 11.9 Å². The van der Waals surface area contributed by atoms with Crippen LogP contribution in [0.5, 0.6) is 0 Å². The van der Waals surface area contributed by atoms with Crippen LogP contribution in [-0.4, -0.2) is 26.9 Å². The second-order valence-electron chi connectivity index (χ2n) is 8.36. The van der Waals surface area contributed by atoms with Crippen molar-refractivity contribution in [2.45, 2.75) is 32.2 Å². The molecule has 32 heavy (non-hydrogen) atoms. The number of hydrogen-bond acceptors (Lipinski definition) is 7. The number of nitrogens with zero attached hydrogens (tertiary/aromatic N) is 4. The van der Waals surface area contributed by atoms with Gasteiger partial charge < -0.3 is 5.32 Å². The van der Waals surface area contributed by atoms with Crippen LogP contribution in [0.4, 0.5) is 11.5 Å². The van der Waals surface area contributed by atoms with E-state index in [1.165, 1.54) is 16.0 Å². The quantitative estimate of drug-likeness (QED) is 0.488. The molecule has 4 aromatic rings. The number of carbonyl (C=O) groups is 1. The van der Waals surface area contributed by atoms with E-state index in [0.29, 0.717) is 12.2 Å². The van der Waals surface area contributed by atoms with Gasteiger partial charge in [0.15, 0.2) is 0 Å². The van der Waals surface area contributed by atoms with E-state index >= 15 is 0 Å². The van der Waals surface area contributed by atoms with E-state index in [9.17, 15) is 4.79 Å². The van der Waals surface area contributed by atoms with E-state index < -0.39 is 0 Å². The number of ketones is 1. The molecule has 7 heteroatoms. The Balaban J connectivity index is 1.27. The number of hydrogen-bond donors (Lipinski definition) is 1. The molecule has 1 N–H and O–H groups in total. The number of carbonyl (C=O) groups excluding carboxylic acids is 1. The molecule has 1 aliphatic carbocycles. The van der Waals surface area contributed by atoms with E-state index in [1.807, 2.05) is 18.3 Å². The summed E-state index contributed by atoms with van der Waals surface area (Å²) in [5, 5.41) is 4.60. The van der Waals surface area contributed by atoms with Gasteiger partial charge in [-0.25, -0.2) is 9.97 Å².